The third-order valence-corrected chi connectivity index (χ3v) is 7.85. The molecule has 3 nitrogen and oxygen atoms in total. The summed E-state index contributed by atoms with van der Waals surface area (Å²) in [4.78, 5) is 10.6. The molecule has 0 amide bonds. The Labute approximate surface area is 142 Å². The number of benzene rings is 2. The molecule has 0 atom stereocenters. The molecule has 0 spiro atoms. The number of fused-ring (bicyclic) bond motifs is 3. The van der Waals surface area contributed by atoms with Crippen molar-refractivity contribution in [1.29, 1.82) is 0 Å². The van der Waals surface area contributed by atoms with Gasteiger partial charge in [-0.15, -0.1) is 0 Å². The van der Waals surface area contributed by atoms with Crippen LogP contribution in [0.4, 0.5) is 5.69 Å². The van der Waals surface area contributed by atoms with E-state index in [1.54, 1.807) is 12.1 Å². The number of halogens is 1. The zero-order valence-electron chi connectivity index (χ0n) is 11.5. The van der Waals surface area contributed by atoms with Gasteiger partial charge in [-0.05, 0) is 0 Å². The van der Waals surface area contributed by atoms with Gasteiger partial charge in [0, 0.05) is 0 Å². The van der Waals surface area contributed by atoms with Crippen LogP contribution in [-0.4, -0.2) is 4.92 Å². The molecule has 110 valence electrons. The predicted molar refractivity (Wildman–Crippen MR) is 83.1 cm³/mol. The van der Waals surface area contributed by atoms with Gasteiger partial charge in [0.05, 0.1) is 0 Å². The van der Waals surface area contributed by atoms with Crippen molar-refractivity contribution in [2.24, 2.45) is 0 Å². The molecule has 0 N–H and O–H groups in total. The van der Waals surface area contributed by atoms with E-state index >= 15 is 0 Å². The van der Waals surface area contributed by atoms with Crippen molar-refractivity contribution >= 4 is 17.0 Å². The van der Waals surface area contributed by atoms with E-state index in [4.69, 9.17) is 0 Å². The summed E-state index contributed by atoms with van der Waals surface area (Å²) in [6, 6.07) is 16.2. The van der Waals surface area contributed by atoms with E-state index in [1.807, 2.05) is 17.4 Å². The molecule has 22 heavy (non-hydrogen) atoms. The third kappa shape index (κ3) is 2.44. The van der Waals surface area contributed by atoms with Crippen LogP contribution < -0.4 is 21.2 Å². The van der Waals surface area contributed by atoms with Crippen molar-refractivity contribution < 1.29 is 26.1 Å². The monoisotopic (exact) mass is 420 g/mol. The Morgan fingerprint density at radius 1 is 1.05 bits per heavy atom. The van der Waals surface area contributed by atoms with E-state index < -0.39 is 0 Å². The van der Waals surface area contributed by atoms with Crippen LogP contribution in [0.25, 0.3) is 11.1 Å². The van der Waals surface area contributed by atoms with Gasteiger partial charge in [-0.3, -0.25) is 0 Å². The summed E-state index contributed by atoms with van der Waals surface area (Å²) in [7, 11) is 0. The number of nitro benzene ring substituents is 1. The molecule has 0 unspecified atom stereocenters. The number of hydrogen-bond donors (Lipinski definition) is 0. The maximum atomic E-state index is 10.9. The number of thiophene rings is 1. The Hall–Kier alpha value is -1.73. The zero-order chi connectivity index (χ0) is 15.1. The molecule has 4 rings (SSSR count). The first-order valence-electron chi connectivity index (χ1n) is 6.80. The van der Waals surface area contributed by atoms with Crippen LogP contribution in [0.3, 0.4) is 0 Å². The van der Waals surface area contributed by atoms with Gasteiger partial charge in [-0.25, -0.2) is 0 Å². The molecule has 0 fully saturated rings. The first-order chi connectivity index (χ1) is 10.7. The summed E-state index contributed by atoms with van der Waals surface area (Å²) in [5, 5.41) is 13.0. The molecule has 0 bridgehead atoms. The molecule has 0 aliphatic heterocycles. The summed E-state index contributed by atoms with van der Waals surface area (Å²) in [5.74, 6) is 0. The number of hydrogen-bond acceptors (Lipinski definition) is 3. The number of rotatable bonds is 3. The Bertz CT molecular complexity index is 874. The Balaban J connectivity index is 1.68. The molecule has 2 aromatic carbocycles. The third-order valence-electron chi connectivity index (χ3n) is 3.73. The van der Waals surface area contributed by atoms with Crippen LogP contribution in [0.5, 0.6) is 0 Å². The van der Waals surface area contributed by atoms with Crippen LogP contribution in [0.2, 0.25) is 0 Å². The van der Waals surface area contributed by atoms with E-state index in [0.717, 1.165) is 17.5 Å². The van der Waals surface area contributed by atoms with Crippen molar-refractivity contribution in [3.05, 3.63) is 81.6 Å². The topological polar surface area (TPSA) is 43.1 Å². The first-order valence-corrected chi connectivity index (χ1v) is 9.83. The van der Waals surface area contributed by atoms with Crippen LogP contribution >= 0.6 is 11.3 Å². The van der Waals surface area contributed by atoms with Crippen LogP contribution in [0, 0.1) is 16.6 Å². The zero-order valence-corrected chi connectivity index (χ0v) is 14.4. The quantitative estimate of drug-likeness (QED) is 0.286. The molecule has 0 saturated carbocycles. The first kappa shape index (κ1) is 13.9. The molecule has 5 heteroatoms. The van der Waals surface area contributed by atoms with Gasteiger partial charge in [0.25, 0.3) is 0 Å². The van der Waals surface area contributed by atoms with Crippen molar-refractivity contribution in [3.8, 4) is 11.1 Å². The average molecular weight is 420 g/mol. The van der Waals surface area contributed by atoms with Gasteiger partial charge in [0.2, 0.25) is 0 Å². The molecule has 0 saturated heterocycles. The standard InChI is InChI=1S/C17H11INO2S/c20-19(21)14-4-6-16-12(10-14)8-11-9-13(3-5-15(11)16)18-17-2-1-7-22-17/h1-7,9-10H,8H2/q-1. The fourth-order valence-electron chi connectivity index (χ4n) is 2.76. The SMILES string of the molecule is O=[N+]([O-])c1ccc2c(c1)Cc1cc([I-]c3cccs3)ccc1-2. The average Bonchev–Trinajstić information content (AvgIpc) is 3.13. The van der Waals surface area contributed by atoms with Gasteiger partial charge >= 0.3 is 142 Å². The summed E-state index contributed by atoms with van der Waals surface area (Å²) < 4.78 is 2.87. The van der Waals surface area contributed by atoms with E-state index in [0.29, 0.717) is 0 Å². The molecule has 1 aliphatic rings. The minimum absolute atomic E-state index is 0.125. The van der Waals surface area contributed by atoms with Crippen molar-refractivity contribution in [2.75, 3.05) is 0 Å². The molecule has 1 aromatic heterocycles. The van der Waals surface area contributed by atoms with Crippen LogP contribution in [0.15, 0.2) is 53.9 Å². The van der Waals surface area contributed by atoms with Crippen molar-refractivity contribution in [2.45, 2.75) is 6.42 Å². The number of nitrogens with zero attached hydrogens (tertiary/aromatic N) is 1. The van der Waals surface area contributed by atoms with Gasteiger partial charge in [0.1, 0.15) is 0 Å². The summed E-state index contributed by atoms with van der Waals surface area (Å²) in [6.07, 6.45) is 0.800. The van der Waals surface area contributed by atoms with Gasteiger partial charge in [-0.2, -0.15) is 0 Å². The second-order valence-corrected chi connectivity index (χ2v) is 9.72. The Kier molecular flexibility index (Phi) is 3.46. The summed E-state index contributed by atoms with van der Waals surface area (Å²) in [6.45, 7) is 0. The molecule has 1 aliphatic carbocycles. The van der Waals surface area contributed by atoms with Gasteiger partial charge in [0.15, 0.2) is 0 Å². The summed E-state index contributed by atoms with van der Waals surface area (Å²) >= 11 is 1.69. The molecule has 1 heterocycles. The van der Waals surface area contributed by atoms with E-state index in [9.17, 15) is 10.1 Å². The number of non-ortho nitro benzene ring substituents is 1. The van der Waals surface area contributed by atoms with E-state index in [2.05, 4.69) is 35.7 Å². The normalized spacial score (nSPS) is 12.2. The number of nitro groups is 1. The van der Waals surface area contributed by atoms with E-state index in [-0.39, 0.29) is 31.8 Å². The Morgan fingerprint density at radius 3 is 2.55 bits per heavy atom. The molecule has 3 aromatic rings. The summed E-state index contributed by atoms with van der Waals surface area (Å²) in [5.41, 5.74) is 4.91. The second-order valence-electron chi connectivity index (χ2n) is 5.09. The molecular formula is C17H11INO2S-. The minimum atomic E-state index is -0.322. The predicted octanol–water partition coefficient (Wildman–Crippen LogP) is 1.36. The molecular weight excluding hydrogens is 409 g/mol. The fourth-order valence-corrected chi connectivity index (χ4v) is 6.56. The van der Waals surface area contributed by atoms with Crippen LogP contribution in [-0.2, 0) is 6.42 Å². The fraction of sp³-hybridized carbons (Fsp3) is 0.0588. The maximum absolute atomic E-state index is 10.9. The van der Waals surface area contributed by atoms with Gasteiger partial charge in [-0.1, -0.05) is 0 Å². The molecule has 0 radical (unpaired) electrons. The van der Waals surface area contributed by atoms with Crippen molar-refractivity contribution in [3.63, 3.8) is 0 Å². The van der Waals surface area contributed by atoms with E-state index in [1.165, 1.54) is 17.6 Å². The van der Waals surface area contributed by atoms with Gasteiger partial charge < -0.3 is 0 Å². The van der Waals surface area contributed by atoms with Crippen molar-refractivity contribution in [1.82, 2.24) is 0 Å². The van der Waals surface area contributed by atoms with Crippen LogP contribution in [0.1, 0.15) is 11.1 Å². The second kappa shape index (κ2) is 5.48. The Morgan fingerprint density at radius 2 is 1.82 bits per heavy atom.